The van der Waals surface area contributed by atoms with Crippen molar-refractivity contribution in [2.75, 3.05) is 0 Å². The molecule has 0 atom stereocenters. The van der Waals surface area contributed by atoms with Crippen LogP contribution in [0.1, 0.15) is 0 Å². The molecule has 0 saturated heterocycles. The Morgan fingerprint density at radius 2 is 1.18 bits per heavy atom. The number of benzene rings is 2. The predicted molar refractivity (Wildman–Crippen MR) is 69.6 cm³/mol. The van der Waals surface area contributed by atoms with Crippen molar-refractivity contribution in [3.8, 4) is 22.5 Å². The van der Waals surface area contributed by atoms with E-state index in [1.165, 1.54) is 11.1 Å². The predicted octanol–water partition coefficient (Wildman–Crippen LogP) is 4.61. The quantitative estimate of drug-likeness (QED) is 0.614. The van der Waals surface area contributed by atoms with E-state index in [4.69, 9.17) is 4.42 Å². The molecule has 1 heterocycles. The van der Waals surface area contributed by atoms with Gasteiger partial charge in [0.05, 0.1) is 6.26 Å². The summed E-state index contributed by atoms with van der Waals surface area (Å²) in [7, 11) is 0. The lowest BCUT2D eigenvalue weighted by atomic mass is 10.0. The summed E-state index contributed by atoms with van der Waals surface area (Å²) >= 11 is 0. The molecule has 2 aromatic carbocycles. The second kappa shape index (κ2) is 4.30. The Labute approximate surface area is 100 Å². The van der Waals surface area contributed by atoms with Gasteiger partial charge in [0.15, 0.2) is 0 Å². The summed E-state index contributed by atoms with van der Waals surface area (Å²) in [6, 6.07) is 22.6. The highest BCUT2D eigenvalue weighted by molar-refractivity contribution is 5.68. The molecule has 0 aliphatic carbocycles. The summed E-state index contributed by atoms with van der Waals surface area (Å²) in [4.78, 5) is 0. The molecule has 1 nitrogen and oxygen atoms in total. The van der Waals surface area contributed by atoms with Crippen LogP contribution in [-0.4, -0.2) is 0 Å². The molecule has 0 aliphatic rings. The monoisotopic (exact) mass is 220 g/mol. The number of hydrogen-bond donors (Lipinski definition) is 0. The molecule has 0 fully saturated rings. The van der Waals surface area contributed by atoms with Crippen molar-refractivity contribution in [1.29, 1.82) is 0 Å². The Balaban J connectivity index is 1.96. The van der Waals surface area contributed by atoms with Gasteiger partial charge >= 0.3 is 0 Å². The van der Waals surface area contributed by atoms with Gasteiger partial charge in [-0.1, -0.05) is 54.6 Å². The van der Waals surface area contributed by atoms with Gasteiger partial charge in [-0.15, -0.1) is 0 Å². The van der Waals surface area contributed by atoms with Crippen molar-refractivity contribution in [3.63, 3.8) is 0 Å². The van der Waals surface area contributed by atoms with E-state index in [1.54, 1.807) is 6.26 Å². The molecule has 0 amide bonds. The highest BCUT2D eigenvalue weighted by Gasteiger charge is 2.01. The molecule has 0 aliphatic heterocycles. The number of rotatable bonds is 2. The van der Waals surface area contributed by atoms with Crippen LogP contribution in [0, 0.1) is 0 Å². The lowest BCUT2D eigenvalue weighted by Gasteiger charge is -2.02. The summed E-state index contributed by atoms with van der Waals surface area (Å²) in [5.74, 6) is 0.907. The third-order valence-corrected chi connectivity index (χ3v) is 2.80. The Kier molecular flexibility index (Phi) is 2.51. The molecule has 3 aromatic rings. The largest absolute Gasteiger partial charge is 0.464 e. The van der Waals surface area contributed by atoms with Crippen molar-refractivity contribution in [3.05, 3.63) is 73.0 Å². The van der Waals surface area contributed by atoms with Gasteiger partial charge in [-0.3, -0.25) is 0 Å². The van der Waals surface area contributed by atoms with Crippen LogP contribution in [0.15, 0.2) is 77.4 Å². The minimum absolute atomic E-state index is 0.907. The summed E-state index contributed by atoms with van der Waals surface area (Å²) in [6.45, 7) is 0. The third kappa shape index (κ3) is 2.00. The van der Waals surface area contributed by atoms with Crippen LogP contribution in [-0.2, 0) is 0 Å². The van der Waals surface area contributed by atoms with Gasteiger partial charge in [0.1, 0.15) is 5.76 Å². The Hall–Kier alpha value is -2.28. The maximum absolute atomic E-state index is 5.37. The van der Waals surface area contributed by atoms with E-state index in [2.05, 4.69) is 48.5 Å². The third-order valence-electron chi connectivity index (χ3n) is 2.80. The highest BCUT2D eigenvalue weighted by atomic mass is 16.3. The summed E-state index contributed by atoms with van der Waals surface area (Å²) in [5, 5.41) is 0. The van der Waals surface area contributed by atoms with Gasteiger partial charge in [-0.25, -0.2) is 0 Å². The van der Waals surface area contributed by atoms with Crippen molar-refractivity contribution in [1.82, 2.24) is 0 Å². The number of hydrogen-bond acceptors (Lipinski definition) is 1. The fraction of sp³-hybridized carbons (Fsp3) is 0. The molecule has 0 saturated carbocycles. The van der Waals surface area contributed by atoms with Crippen LogP contribution in [0.25, 0.3) is 22.5 Å². The van der Waals surface area contributed by atoms with E-state index in [9.17, 15) is 0 Å². The summed E-state index contributed by atoms with van der Waals surface area (Å²) in [5.41, 5.74) is 3.56. The van der Waals surface area contributed by atoms with Gasteiger partial charge in [-0.05, 0) is 23.3 Å². The van der Waals surface area contributed by atoms with Crippen LogP contribution < -0.4 is 0 Å². The minimum Gasteiger partial charge on any atom is -0.464 e. The molecule has 17 heavy (non-hydrogen) atoms. The first-order valence-electron chi connectivity index (χ1n) is 5.63. The van der Waals surface area contributed by atoms with Crippen molar-refractivity contribution >= 4 is 0 Å². The van der Waals surface area contributed by atoms with Crippen molar-refractivity contribution in [2.45, 2.75) is 0 Å². The molecule has 1 aromatic heterocycles. The average molecular weight is 220 g/mol. The molecule has 0 unspecified atom stereocenters. The standard InChI is InChI=1S/C16H12O/c1-2-5-13(6-3-1)14-8-10-15(11-9-14)16-7-4-12-17-16/h1-12H. The lowest BCUT2D eigenvalue weighted by molar-refractivity contribution is 0.582. The molecule has 0 radical (unpaired) electrons. The van der Waals surface area contributed by atoms with Crippen LogP contribution in [0.4, 0.5) is 0 Å². The second-order valence-corrected chi connectivity index (χ2v) is 3.92. The maximum Gasteiger partial charge on any atom is 0.133 e. The smallest absolute Gasteiger partial charge is 0.133 e. The zero-order valence-electron chi connectivity index (χ0n) is 9.34. The Bertz CT molecular complexity index is 577. The van der Waals surface area contributed by atoms with Gasteiger partial charge in [0.2, 0.25) is 0 Å². The summed E-state index contributed by atoms with van der Waals surface area (Å²) in [6.07, 6.45) is 1.69. The van der Waals surface area contributed by atoms with Crippen LogP contribution in [0.2, 0.25) is 0 Å². The first kappa shape index (κ1) is 9.91. The molecule has 0 N–H and O–H groups in total. The summed E-state index contributed by atoms with van der Waals surface area (Å²) < 4.78 is 5.37. The van der Waals surface area contributed by atoms with Gasteiger partial charge in [0, 0.05) is 5.56 Å². The molecular formula is C16H12O. The fourth-order valence-electron chi connectivity index (χ4n) is 1.90. The molecule has 1 heteroatoms. The average Bonchev–Trinajstić information content (AvgIpc) is 2.94. The van der Waals surface area contributed by atoms with Gasteiger partial charge in [-0.2, -0.15) is 0 Å². The molecule has 82 valence electrons. The normalized spacial score (nSPS) is 10.4. The van der Waals surface area contributed by atoms with Gasteiger partial charge in [0.25, 0.3) is 0 Å². The highest BCUT2D eigenvalue weighted by Crippen LogP contribution is 2.24. The molecule has 3 rings (SSSR count). The molecule has 0 bridgehead atoms. The molecular weight excluding hydrogens is 208 g/mol. The molecule has 0 spiro atoms. The van der Waals surface area contributed by atoms with Crippen LogP contribution in [0.5, 0.6) is 0 Å². The topological polar surface area (TPSA) is 13.1 Å². The van der Waals surface area contributed by atoms with E-state index in [1.807, 2.05) is 18.2 Å². The minimum atomic E-state index is 0.907. The van der Waals surface area contributed by atoms with Crippen molar-refractivity contribution in [2.24, 2.45) is 0 Å². The Morgan fingerprint density at radius 1 is 0.529 bits per heavy atom. The van der Waals surface area contributed by atoms with Gasteiger partial charge < -0.3 is 4.42 Å². The van der Waals surface area contributed by atoms with Crippen LogP contribution in [0.3, 0.4) is 0 Å². The van der Waals surface area contributed by atoms with E-state index in [0.29, 0.717) is 0 Å². The first-order chi connectivity index (χ1) is 8.43. The first-order valence-corrected chi connectivity index (χ1v) is 5.63. The van der Waals surface area contributed by atoms with E-state index in [0.717, 1.165) is 11.3 Å². The van der Waals surface area contributed by atoms with Crippen LogP contribution >= 0.6 is 0 Å². The number of furan rings is 1. The maximum atomic E-state index is 5.37. The SMILES string of the molecule is c1ccc(-c2ccc(-c3ccco3)cc2)cc1. The zero-order valence-corrected chi connectivity index (χ0v) is 9.34. The lowest BCUT2D eigenvalue weighted by Crippen LogP contribution is -1.78. The van der Waals surface area contributed by atoms with E-state index >= 15 is 0 Å². The fourth-order valence-corrected chi connectivity index (χ4v) is 1.90. The van der Waals surface area contributed by atoms with E-state index in [-0.39, 0.29) is 0 Å². The van der Waals surface area contributed by atoms with E-state index < -0.39 is 0 Å². The second-order valence-electron chi connectivity index (χ2n) is 3.92. The van der Waals surface area contributed by atoms with Crippen molar-refractivity contribution < 1.29 is 4.42 Å². The zero-order chi connectivity index (χ0) is 11.5. The Morgan fingerprint density at radius 3 is 1.82 bits per heavy atom.